The minimum absolute atomic E-state index is 0. The monoisotopic (exact) mass is 336 g/mol. The molecule has 0 saturated heterocycles. The topological polar surface area (TPSA) is 171 Å². The zero-order chi connectivity index (χ0) is 15.0. The van der Waals surface area contributed by atoms with E-state index in [0.717, 1.165) is 25.0 Å². The Morgan fingerprint density at radius 2 is 2.14 bits per heavy atom. The molecule has 118 valence electrons. The van der Waals surface area contributed by atoms with E-state index >= 15 is 0 Å². The Morgan fingerprint density at radius 3 is 2.76 bits per heavy atom. The summed E-state index contributed by atoms with van der Waals surface area (Å²) in [6.07, 6.45) is 2.40. The first-order chi connectivity index (χ1) is 9.47. The first-order valence-corrected chi connectivity index (χ1v) is 6.61. The summed E-state index contributed by atoms with van der Waals surface area (Å²) in [7, 11) is 0. The Hall–Kier alpha value is -2.14. The van der Waals surface area contributed by atoms with Crippen LogP contribution >= 0.6 is 23.7 Å². The number of nitrogens with zero attached hydrogens (tertiary/aromatic N) is 4. The highest BCUT2D eigenvalue weighted by molar-refractivity contribution is 7.13. The Balaban J connectivity index is 0.00000400. The van der Waals surface area contributed by atoms with Gasteiger partial charge < -0.3 is 22.5 Å². The van der Waals surface area contributed by atoms with Gasteiger partial charge in [0.15, 0.2) is 11.0 Å². The Kier molecular flexibility index (Phi) is 8.73. The molecule has 1 rings (SSSR count). The summed E-state index contributed by atoms with van der Waals surface area (Å²) < 4.78 is 0. The second kappa shape index (κ2) is 9.72. The van der Waals surface area contributed by atoms with Crippen LogP contribution < -0.4 is 22.5 Å². The maximum atomic E-state index is 10.0. The van der Waals surface area contributed by atoms with Crippen LogP contribution in [-0.2, 0) is 6.42 Å². The molecule has 0 aromatic carbocycles. The molecule has 0 amide bonds. The van der Waals surface area contributed by atoms with Crippen LogP contribution in [0.5, 0.6) is 0 Å². The lowest BCUT2D eigenvalue weighted by Crippen LogP contribution is -2.33. The van der Waals surface area contributed by atoms with Crippen molar-refractivity contribution in [2.45, 2.75) is 19.3 Å². The van der Waals surface area contributed by atoms with E-state index in [4.69, 9.17) is 17.2 Å². The molecule has 1 aromatic heterocycles. The molecule has 0 unspecified atom stereocenters. The zero-order valence-electron chi connectivity index (χ0n) is 11.1. The zero-order valence-corrected chi connectivity index (χ0v) is 12.7. The predicted molar refractivity (Wildman–Crippen MR) is 84.4 cm³/mol. The minimum Gasteiger partial charge on any atom is -0.370 e. The maximum absolute atomic E-state index is 10.0. The normalized spacial score (nSPS) is 10.6. The van der Waals surface area contributed by atoms with Gasteiger partial charge in [-0.05, 0) is 19.3 Å². The smallest absolute Gasteiger partial charge is 0.266 e. The number of nitro groups is 1. The number of thiazole rings is 1. The van der Waals surface area contributed by atoms with E-state index in [0.29, 0.717) is 11.7 Å². The van der Waals surface area contributed by atoms with Gasteiger partial charge in [-0.1, -0.05) is 0 Å². The summed E-state index contributed by atoms with van der Waals surface area (Å²) in [5.74, 6) is -0.214. The van der Waals surface area contributed by atoms with Crippen molar-refractivity contribution in [3.63, 3.8) is 0 Å². The van der Waals surface area contributed by atoms with Crippen molar-refractivity contribution in [2.75, 3.05) is 6.54 Å². The van der Waals surface area contributed by atoms with Crippen LogP contribution in [0.2, 0.25) is 0 Å². The number of aliphatic imine (C=N–C) groups is 1. The fourth-order valence-electron chi connectivity index (χ4n) is 1.34. The summed E-state index contributed by atoms with van der Waals surface area (Å²) in [6.45, 7) is 0.508. The number of aryl methyl sites for hydroxylation is 1. The van der Waals surface area contributed by atoms with Crippen molar-refractivity contribution in [2.24, 2.45) is 27.3 Å². The van der Waals surface area contributed by atoms with E-state index < -0.39 is 5.03 Å². The summed E-state index contributed by atoms with van der Waals surface area (Å²) in [6, 6.07) is 0. The second-order valence-corrected chi connectivity index (χ2v) is 4.60. The molecule has 0 atom stereocenters. The van der Waals surface area contributed by atoms with Crippen molar-refractivity contribution in [3.8, 4) is 0 Å². The fraction of sp³-hybridized carbons (Fsp3) is 0.444. The van der Waals surface area contributed by atoms with E-state index in [-0.39, 0.29) is 24.3 Å². The van der Waals surface area contributed by atoms with E-state index in [9.17, 15) is 10.1 Å². The average molecular weight is 337 g/mol. The van der Waals surface area contributed by atoms with Crippen LogP contribution in [0.3, 0.4) is 0 Å². The van der Waals surface area contributed by atoms with Gasteiger partial charge >= 0.3 is 0 Å². The number of hydrogen-bond donors (Lipinski definition) is 4. The summed E-state index contributed by atoms with van der Waals surface area (Å²) in [4.78, 5) is 18.1. The number of halogens is 1. The lowest BCUT2D eigenvalue weighted by molar-refractivity contribution is -0.485. The third-order valence-corrected chi connectivity index (χ3v) is 2.90. The first kappa shape index (κ1) is 18.9. The van der Waals surface area contributed by atoms with Crippen molar-refractivity contribution in [3.05, 3.63) is 21.2 Å². The van der Waals surface area contributed by atoms with E-state index in [1.165, 1.54) is 11.3 Å². The number of nitrogens with one attached hydrogen (secondary N) is 1. The maximum Gasteiger partial charge on any atom is 0.266 e. The molecular formula is C9H17ClN8O2S. The van der Waals surface area contributed by atoms with Gasteiger partial charge in [0.25, 0.3) is 5.96 Å². The second-order valence-electron chi connectivity index (χ2n) is 3.77. The number of rotatable bonds is 7. The third-order valence-electron chi connectivity index (χ3n) is 2.12. The molecule has 0 aliphatic carbocycles. The molecule has 1 aromatic rings. The molecule has 0 aliphatic heterocycles. The van der Waals surface area contributed by atoms with Gasteiger partial charge in [0, 0.05) is 11.9 Å². The van der Waals surface area contributed by atoms with Crippen LogP contribution in [0.1, 0.15) is 18.5 Å². The molecule has 0 saturated carbocycles. The van der Waals surface area contributed by atoms with Gasteiger partial charge in [-0.15, -0.1) is 23.7 Å². The molecule has 0 aliphatic rings. The Morgan fingerprint density at radius 1 is 1.43 bits per heavy atom. The Labute approximate surface area is 131 Å². The SMILES string of the molecule is Cl.NC(N)=Nc1nc(CCCCN/C(N)=N\[N+](=O)[O-])cs1. The minimum atomic E-state index is -0.844. The van der Waals surface area contributed by atoms with E-state index in [1.807, 2.05) is 5.38 Å². The lowest BCUT2D eigenvalue weighted by atomic mass is 10.2. The van der Waals surface area contributed by atoms with Gasteiger partial charge in [0.1, 0.15) is 5.10 Å². The number of aromatic nitrogens is 1. The van der Waals surface area contributed by atoms with Crippen LogP contribution in [0, 0.1) is 10.1 Å². The molecule has 12 heteroatoms. The predicted octanol–water partition coefficient (Wildman–Crippen LogP) is -0.111. The number of nitrogens with two attached hydrogens (primary N) is 3. The number of unbranched alkanes of at least 4 members (excludes halogenated alkanes) is 1. The van der Waals surface area contributed by atoms with Crippen molar-refractivity contribution >= 4 is 40.8 Å². The summed E-state index contributed by atoms with van der Waals surface area (Å²) in [5.41, 5.74) is 16.7. The van der Waals surface area contributed by atoms with Gasteiger partial charge in [-0.3, -0.25) is 0 Å². The average Bonchev–Trinajstić information content (AvgIpc) is 2.74. The van der Waals surface area contributed by atoms with Crippen molar-refractivity contribution in [1.29, 1.82) is 0 Å². The highest BCUT2D eigenvalue weighted by atomic mass is 35.5. The number of hydrazone groups is 1. The Bertz CT molecular complexity index is 514. The largest absolute Gasteiger partial charge is 0.370 e. The molecule has 0 bridgehead atoms. The van der Waals surface area contributed by atoms with Crippen molar-refractivity contribution < 1.29 is 5.03 Å². The number of hydrogen-bond acceptors (Lipinski definition) is 5. The fourth-order valence-corrected chi connectivity index (χ4v) is 2.08. The van der Waals surface area contributed by atoms with Crippen LogP contribution in [0.15, 0.2) is 15.5 Å². The van der Waals surface area contributed by atoms with Gasteiger partial charge in [0.2, 0.25) is 5.13 Å². The van der Waals surface area contributed by atoms with E-state index in [1.54, 1.807) is 0 Å². The van der Waals surface area contributed by atoms with E-state index in [2.05, 4.69) is 20.4 Å². The molecule has 7 N–H and O–H groups in total. The summed E-state index contributed by atoms with van der Waals surface area (Å²) in [5, 5.41) is 17.2. The molecular weight excluding hydrogens is 320 g/mol. The quantitative estimate of drug-likeness (QED) is 0.177. The molecule has 0 radical (unpaired) electrons. The molecule has 0 fully saturated rings. The number of guanidine groups is 2. The molecule has 1 heterocycles. The van der Waals surface area contributed by atoms with Crippen LogP contribution in [0.25, 0.3) is 0 Å². The van der Waals surface area contributed by atoms with Crippen LogP contribution in [-0.4, -0.2) is 28.5 Å². The summed E-state index contributed by atoms with van der Waals surface area (Å²) >= 11 is 1.37. The molecule has 0 spiro atoms. The molecule has 21 heavy (non-hydrogen) atoms. The van der Waals surface area contributed by atoms with Gasteiger partial charge in [-0.25, -0.2) is 15.1 Å². The standard InChI is InChI=1S/C9H16N8O2S.ClH/c10-7(11)15-9-14-6(5-20-9)3-1-2-4-13-8(12)16-17(18)19;/h5H,1-4H2,(H3,12,13,16)(H4,10,11,14,15);1H. The highest BCUT2D eigenvalue weighted by Gasteiger charge is 2.02. The van der Waals surface area contributed by atoms with Crippen molar-refractivity contribution in [1.82, 2.24) is 10.3 Å². The third kappa shape index (κ3) is 8.60. The van der Waals surface area contributed by atoms with Crippen LogP contribution in [0.4, 0.5) is 5.13 Å². The molecule has 10 nitrogen and oxygen atoms in total. The van der Waals surface area contributed by atoms with Gasteiger partial charge in [0.05, 0.1) is 5.69 Å². The first-order valence-electron chi connectivity index (χ1n) is 5.73. The lowest BCUT2D eigenvalue weighted by Gasteiger charge is -2.01. The van der Waals surface area contributed by atoms with Gasteiger partial charge in [-0.2, -0.15) is 4.99 Å². The highest BCUT2D eigenvalue weighted by Crippen LogP contribution is 2.19.